The molecule has 1 amide bonds. The Hall–Kier alpha value is -4.05. The van der Waals surface area contributed by atoms with Crippen molar-refractivity contribution in [1.29, 1.82) is 5.41 Å². The van der Waals surface area contributed by atoms with Gasteiger partial charge in [-0.15, -0.1) is 0 Å². The number of hydrogen-bond acceptors (Lipinski definition) is 7. The average molecular weight is 527 g/mol. The first-order chi connectivity index (χ1) is 17.8. The van der Waals surface area contributed by atoms with E-state index in [1.54, 1.807) is 11.0 Å². The molecule has 1 fully saturated rings. The Kier molecular flexibility index (Phi) is 7.98. The molecule has 1 aromatic heterocycles. The SMILES string of the molecule is C=CC(=O)N1CCCC(Nc2ncnc(N)c2C(=N)c2ccc(OCc3cc(F)ccc3F)c(Cl)c2)C1. The van der Waals surface area contributed by atoms with E-state index in [-0.39, 0.29) is 46.4 Å². The molecule has 4 rings (SSSR count). The van der Waals surface area contributed by atoms with Gasteiger partial charge in [-0.2, -0.15) is 0 Å². The Labute approximate surface area is 217 Å². The molecule has 1 saturated heterocycles. The first-order valence-electron chi connectivity index (χ1n) is 11.5. The zero-order valence-corrected chi connectivity index (χ0v) is 20.6. The number of rotatable bonds is 8. The maximum Gasteiger partial charge on any atom is 0.246 e. The highest BCUT2D eigenvalue weighted by Gasteiger charge is 2.25. The van der Waals surface area contributed by atoms with Crippen molar-refractivity contribution in [3.05, 3.63) is 88.7 Å². The minimum absolute atomic E-state index is 0.0278. The summed E-state index contributed by atoms with van der Waals surface area (Å²) in [7, 11) is 0. The molecule has 0 saturated carbocycles. The Bertz CT molecular complexity index is 1350. The second kappa shape index (κ2) is 11.3. The highest BCUT2D eigenvalue weighted by atomic mass is 35.5. The molecule has 1 aliphatic heterocycles. The van der Waals surface area contributed by atoms with Crippen LogP contribution in [0.2, 0.25) is 5.02 Å². The summed E-state index contributed by atoms with van der Waals surface area (Å²) >= 11 is 6.38. The second-order valence-corrected chi connectivity index (χ2v) is 8.91. The molecule has 2 heterocycles. The number of nitrogen functional groups attached to an aromatic ring is 1. The largest absolute Gasteiger partial charge is 0.487 e. The van der Waals surface area contributed by atoms with Crippen LogP contribution in [-0.4, -0.2) is 45.6 Å². The van der Waals surface area contributed by atoms with Gasteiger partial charge in [0.2, 0.25) is 5.91 Å². The maximum atomic E-state index is 13.9. The lowest BCUT2D eigenvalue weighted by Gasteiger charge is -2.33. The maximum absolute atomic E-state index is 13.9. The van der Waals surface area contributed by atoms with Crippen LogP contribution in [0, 0.1) is 17.0 Å². The van der Waals surface area contributed by atoms with Crippen molar-refractivity contribution in [3.63, 3.8) is 0 Å². The molecule has 11 heteroatoms. The van der Waals surface area contributed by atoms with Crippen LogP contribution in [0.4, 0.5) is 20.4 Å². The summed E-state index contributed by atoms with van der Waals surface area (Å²) in [4.78, 5) is 22.1. The quantitative estimate of drug-likeness (QED) is 0.292. The predicted octanol–water partition coefficient (Wildman–Crippen LogP) is 4.57. The fourth-order valence-corrected chi connectivity index (χ4v) is 4.33. The lowest BCUT2D eigenvalue weighted by atomic mass is 10.0. The molecule has 1 aliphatic rings. The molecule has 4 N–H and O–H groups in total. The van der Waals surface area contributed by atoms with Gasteiger partial charge < -0.3 is 20.7 Å². The predicted molar refractivity (Wildman–Crippen MR) is 138 cm³/mol. The van der Waals surface area contributed by atoms with Crippen LogP contribution in [0.1, 0.15) is 29.5 Å². The first-order valence-corrected chi connectivity index (χ1v) is 11.9. The number of nitrogens with one attached hydrogen (secondary N) is 2. The van der Waals surface area contributed by atoms with Crippen LogP contribution >= 0.6 is 11.6 Å². The van der Waals surface area contributed by atoms with E-state index in [2.05, 4.69) is 21.9 Å². The third-order valence-electron chi connectivity index (χ3n) is 5.99. The van der Waals surface area contributed by atoms with Gasteiger partial charge >= 0.3 is 0 Å². The van der Waals surface area contributed by atoms with Gasteiger partial charge in [0.15, 0.2) is 0 Å². The molecule has 0 bridgehead atoms. The van der Waals surface area contributed by atoms with Crippen LogP contribution < -0.4 is 15.8 Å². The van der Waals surface area contributed by atoms with Gasteiger partial charge in [-0.25, -0.2) is 18.7 Å². The van der Waals surface area contributed by atoms with E-state index >= 15 is 0 Å². The molecule has 0 aliphatic carbocycles. The lowest BCUT2D eigenvalue weighted by molar-refractivity contribution is -0.127. The minimum atomic E-state index is -0.592. The number of carbonyl (C=O) groups excluding carboxylic acids is 1. The molecule has 0 radical (unpaired) electrons. The summed E-state index contributed by atoms with van der Waals surface area (Å²) in [6.07, 6.45) is 4.21. The average Bonchev–Trinajstić information content (AvgIpc) is 2.89. The van der Waals surface area contributed by atoms with E-state index < -0.39 is 11.6 Å². The van der Waals surface area contributed by atoms with Gasteiger partial charge in [0, 0.05) is 30.3 Å². The molecule has 0 spiro atoms. The smallest absolute Gasteiger partial charge is 0.246 e. The Morgan fingerprint density at radius 1 is 1.30 bits per heavy atom. The standard InChI is InChI=1S/C26H25ClF2N6O2/c1-2-22(36)35-9-3-4-18(12-35)34-26-23(25(31)32-14-33-26)24(30)15-5-8-21(19(27)11-15)37-13-16-10-17(28)6-7-20(16)29/h2,5-8,10-11,14,18,30H,1,3-4,9,12-13H2,(H3,31,32,33,34). The number of anilines is 2. The minimum Gasteiger partial charge on any atom is -0.487 e. The second-order valence-electron chi connectivity index (χ2n) is 8.50. The van der Waals surface area contributed by atoms with Crippen LogP contribution in [-0.2, 0) is 11.4 Å². The van der Waals surface area contributed by atoms with Gasteiger partial charge in [0.1, 0.15) is 42.0 Å². The summed E-state index contributed by atoms with van der Waals surface area (Å²) in [6.45, 7) is 4.44. The molecule has 192 valence electrons. The summed E-state index contributed by atoms with van der Waals surface area (Å²) in [5.41, 5.74) is 6.93. The molecule has 8 nitrogen and oxygen atoms in total. The molecule has 1 unspecified atom stereocenters. The molecular weight excluding hydrogens is 502 g/mol. The summed E-state index contributed by atoms with van der Waals surface area (Å²) < 4.78 is 32.9. The van der Waals surface area contributed by atoms with E-state index in [9.17, 15) is 13.6 Å². The van der Waals surface area contributed by atoms with Crippen LogP contribution in [0.15, 0.2) is 55.4 Å². The van der Waals surface area contributed by atoms with Crippen molar-refractivity contribution in [3.8, 4) is 5.75 Å². The highest BCUT2D eigenvalue weighted by Crippen LogP contribution is 2.30. The van der Waals surface area contributed by atoms with Crippen molar-refractivity contribution in [1.82, 2.24) is 14.9 Å². The van der Waals surface area contributed by atoms with Gasteiger partial charge in [0.25, 0.3) is 0 Å². The number of ether oxygens (including phenoxy) is 1. The summed E-state index contributed by atoms with van der Waals surface area (Å²) in [6, 6.07) is 7.67. The van der Waals surface area contributed by atoms with Crippen molar-refractivity contribution in [2.75, 3.05) is 24.1 Å². The number of likely N-dealkylation sites (tertiary alicyclic amines) is 1. The number of nitrogens with two attached hydrogens (primary N) is 1. The highest BCUT2D eigenvalue weighted by molar-refractivity contribution is 6.32. The Balaban J connectivity index is 1.52. The molecule has 2 aromatic carbocycles. The van der Waals surface area contributed by atoms with Gasteiger partial charge in [-0.3, -0.25) is 10.2 Å². The number of piperidine rings is 1. The number of carbonyl (C=O) groups is 1. The van der Waals surface area contributed by atoms with E-state index in [0.29, 0.717) is 30.0 Å². The Morgan fingerprint density at radius 2 is 2.11 bits per heavy atom. The number of aromatic nitrogens is 2. The molecule has 1 atom stereocenters. The summed E-state index contributed by atoms with van der Waals surface area (Å²) in [5, 5.41) is 12.3. The van der Waals surface area contributed by atoms with Crippen LogP contribution in [0.25, 0.3) is 0 Å². The normalized spacial score (nSPS) is 15.2. The first kappa shape index (κ1) is 26.0. The fourth-order valence-electron chi connectivity index (χ4n) is 4.10. The monoisotopic (exact) mass is 526 g/mol. The van der Waals surface area contributed by atoms with Crippen LogP contribution in [0.5, 0.6) is 5.75 Å². The molecular formula is C26H25ClF2N6O2. The number of halogens is 3. The van der Waals surface area contributed by atoms with Crippen molar-refractivity contribution >= 4 is 34.9 Å². The zero-order valence-electron chi connectivity index (χ0n) is 19.8. The third kappa shape index (κ3) is 6.03. The third-order valence-corrected chi connectivity index (χ3v) is 6.28. The number of hydrogen-bond donors (Lipinski definition) is 3. The van der Waals surface area contributed by atoms with Gasteiger partial charge in [-0.1, -0.05) is 18.2 Å². The Morgan fingerprint density at radius 3 is 2.86 bits per heavy atom. The van der Waals surface area contributed by atoms with E-state index in [4.69, 9.17) is 27.5 Å². The number of nitrogens with zero attached hydrogens (tertiary/aromatic N) is 3. The van der Waals surface area contributed by atoms with Crippen molar-refractivity contribution in [2.45, 2.75) is 25.5 Å². The van der Waals surface area contributed by atoms with E-state index in [1.165, 1.54) is 24.5 Å². The molecule has 37 heavy (non-hydrogen) atoms. The molecule has 3 aromatic rings. The van der Waals surface area contributed by atoms with E-state index in [0.717, 1.165) is 31.0 Å². The zero-order chi connectivity index (χ0) is 26.5. The van der Waals surface area contributed by atoms with E-state index in [1.807, 2.05) is 0 Å². The van der Waals surface area contributed by atoms with Crippen molar-refractivity contribution in [2.24, 2.45) is 0 Å². The fraction of sp³-hybridized carbons (Fsp3) is 0.231. The lowest BCUT2D eigenvalue weighted by Crippen LogP contribution is -2.44. The summed E-state index contributed by atoms with van der Waals surface area (Å²) in [5.74, 6) is -0.588. The number of benzene rings is 2. The topological polar surface area (TPSA) is 117 Å². The van der Waals surface area contributed by atoms with Crippen molar-refractivity contribution < 1.29 is 18.3 Å². The number of amides is 1. The van der Waals surface area contributed by atoms with Gasteiger partial charge in [-0.05, 0) is 55.3 Å². The van der Waals surface area contributed by atoms with Crippen LogP contribution in [0.3, 0.4) is 0 Å². The van der Waals surface area contributed by atoms with Gasteiger partial charge in [0.05, 0.1) is 16.3 Å².